The van der Waals surface area contributed by atoms with Crippen LogP contribution < -0.4 is 3.27 Å². The van der Waals surface area contributed by atoms with Crippen LogP contribution in [0.5, 0.6) is 0 Å². The van der Waals surface area contributed by atoms with Crippen molar-refractivity contribution in [3.63, 3.8) is 0 Å². The zero-order chi connectivity index (χ0) is 14.8. The van der Waals surface area contributed by atoms with Gasteiger partial charge in [-0.2, -0.15) is 0 Å². The van der Waals surface area contributed by atoms with Gasteiger partial charge >= 0.3 is 136 Å². The van der Waals surface area contributed by atoms with Crippen molar-refractivity contribution >= 4 is 46.1 Å². The molecule has 1 saturated heterocycles. The average molecular weight is 544 g/mol. The number of rotatable bonds is 4. The summed E-state index contributed by atoms with van der Waals surface area (Å²) in [4.78, 5) is 11.9. The Kier molecular flexibility index (Phi) is 5.49. The number of alkyl halides is 3. The fourth-order valence-electron chi connectivity index (χ4n) is 1.90. The Hall–Kier alpha value is -0.127. The van der Waals surface area contributed by atoms with Gasteiger partial charge in [0.15, 0.2) is 0 Å². The third-order valence-electron chi connectivity index (χ3n) is 2.92. The molecule has 1 radical (unpaired) electrons. The van der Waals surface area contributed by atoms with E-state index in [1.165, 1.54) is 0 Å². The molecule has 109 valence electrons. The van der Waals surface area contributed by atoms with Crippen molar-refractivity contribution in [3.05, 3.63) is 30.3 Å². The van der Waals surface area contributed by atoms with Crippen molar-refractivity contribution in [2.45, 2.75) is 36.5 Å². The van der Waals surface area contributed by atoms with Crippen molar-refractivity contribution in [1.29, 1.82) is 0 Å². The normalized spacial score (nSPS) is 28.3. The molecule has 1 heterocycles. The molecule has 0 amide bonds. The summed E-state index contributed by atoms with van der Waals surface area (Å²) in [5.74, 6) is -3.20. The number of hydrogen-bond acceptors (Lipinski definition) is 3. The molecular formula is C13H13BiBrF2O3. The summed E-state index contributed by atoms with van der Waals surface area (Å²) >= 11 is 1.00. The zero-order valence-electron chi connectivity index (χ0n) is 10.6. The predicted octanol–water partition coefficient (Wildman–Crippen LogP) is 2.69. The van der Waals surface area contributed by atoms with Crippen molar-refractivity contribution < 1.29 is 23.0 Å². The topological polar surface area (TPSA) is 35.5 Å². The van der Waals surface area contributed by atoms with E-state index in [9.17, 15) is 13.6 Å². The molecule has 0 unspecified atom stereocenters. The first-order valence-electron chi connectivity index (χ1n) is 6.10. The number of carbonyl (C=O) groups is 1. The van der Waals surface area contributed by atoms with E-state index in [1.54, 1.807) is 6.92 Å². The zero-order valence-corrected chi connectivity index (χ0v) is 15.7. The van der Waals surface area contributed by atoms with Crippen molar-refractivity contribution in [2.24, 2.45) is 0 Å². The molecule has 3 atom stereocenters. The van der Waals surface area contributed by atoms with Gasteiger partial charge in [0.1, 0.15) is 0 Å². The van der Waals surface area contributed by atoms with Gasteiger partial charge in [0.2, 0.25) is 0 Å². The minimum atomic E-state index is -3.20. The van der Waals surface area contributed by atoms with E-state index in [4.69, 9.17) is 9.47 Å². The maximum absolute atomic E-state index is 13.9. The number of carbonyl (C=O) groups excluding carboxylic acids is 1. The summed E-state index contributed by atoms with van der Waals surface area (Å²) in [5, 5.41) is -1.40. The van der Waals surface area contributed by atoms with E-state index in [1.807, 2.05) is 30.3 Å². The predicted molar refractivity (Wildman–Crippen MR) is 74.9 cm³/mol. The van der Waals surface area contributed by atoms with Gasteiger partial charge in [0.05, 0.1) is 0 Å². The molecule has 1 aromatic carbocycles. The molecule has 20 heavy (non-hydrogen) atoms. The molecule has 1 aromatic rings. The summed E-state index contributed by atoms with van der Waals surface area (Å²) in [6.45, 7) is 1.73. The van der Waals surface area contributed by atoms with E-state index < -0.39 is 50.1 Å². The van der Waals surface area contributed by atoms with Crippen molar-refractivity contribution in [2.75, 3.05) is 0 Å². The second-order valence-corrected chi connectivity index (χ2v) is 9.45. The number of ether oxygens (including phenoxy) is 2. The average Bonchev–Trinajstić information content (AvgIpc) is 2.63. The maximum atomic E-state index is 13.9. The van der Waals surface area contributed by atoms with E-state index in [0.29, 0.717) is 6.42 Å². The van der Waals surface area contributed by atoms with Crippen LogP contribution in [0.2, 0.25) is 0 Å². The summed E-state index contributed by atoms with van der Waals surface area (Å²) < 4.78 is 38.4. The van der Waals surface area contributed by atoms with Crippen LogP contribution in [0.4, 0.5) is 13.6 Å². The Morgan fingerprint density at radius 1 is 1.45 bits per heavy atom. The first kappa shape index (κ1) is 16.2. The standard InChI is InChI=1S/C7H8BrF2O3.C6H5.Bi/c1-2-4-5(12-3-11)7(9,10)6(8)13-4;1-2-4-6-5-3-1;/h4-6H,2H2,1H3;1-5H;/t4-,5+,6-;;/m1../s1. The molecule has 7 heteroatoms. The second-order valence-electron chi connectivity index (χ2n) is 4.33. The van der Waals surface area contributed by atoms with E-state index in [0.717, 1.165) is 3.27 Å². The fourth-order valence-corrected chi connectivity index (χ4v) is 5.15. The Bertz CT molecular complexity index is 472. The van der Waals surface area contributed by atoms with Crippen molar-refractivity contribution in [1.82, 2.24) is 0 Å². The summed E-state index contributed by atoms with van der Waals surface area (Å²) in [7, 11) is 0. The van der Waals surface area contributed by atoms with Gasteiger partial charge in [0.25, 0.3) is 0 Å². The van der Waals surface area contributed by atoms with Gasteiger partial charge in [0, 0.05) is 0 Å². The van der Waals surface area contributed by atoms with Gasteiger partial charge in [-0.15, -0.1) is 0 Å². The van der Waals surface area contributed by atoms with Crippen LogP contribution in [-0.4, -0.2) is 50.1 Å². The third-order valence-corrected chi connectivity index (χ3v) is 7.03. The molecule has 0 saturated carbocycles. The second kappa shape index (κ2) is 6.76. The molecule has 1 aliphatic heterocycles. The Morgan fingerprint density at radius 2 is 2.10 bits per heavy atom. The molecule has 0 bridgehead atoms. The monoisotopic (exact) mass is 543 g/mol. The molecule has 0 N–H and O–H groups in total. The van der Waals surface area contributed by atoms with Crippen LogP contribution in [-0.2, 0) is 9.47 Å². The molecule has 0 spiro atoms. The van der Waals surface area contributed by atoms with Crippen LogP contribution in [0.15, 0.2) is 30.3 Å². The molecular weight excluding hydrogens is 531 g/mol. The van der Waals surface area contributed by atoms with Gasteiger partial charge in [-0.05, 0) is 0 Å². The molecule has 3 nitrogen and oxygen atoms in total. The summed E-state index contributed by atoms with van der Waals surface area (Å²) in [6.07, 6.45) is -1.90. The summed E-state index contributed by atoms with van der Waals surface area (Å²) in [6, 6.07) is 9.14. The van der Waals surface area contributed by atoms with Gasteiger partial charge in [-0.25, -0.2) is 0 Å². The molecule has 0 aromatic heterocycles. The van der Waals surface area contributed by atoms with Crippen LogP contribution in [0, 0.1) is 0 Å². The Labute approximate surface area is 135 Å². The number of hydrogen-bond donors (Lipinski definition) is 0. The van der Waals surface area contributed by atoms with Gasteiger partial charge in [-0.1, -0.05) is 0 Å². The SMILES string of the molecule is CC[C@H]1O[C@@H](Br)C(F)(F)[C@H]1O[C](=O)[Bi][c]1ccccc1. The number of benzene rings is 1. The van der Waals surface area contributed by atoms with Crippen LogP contribution in [0.3, 0.4) is 0 Å². The van der Waals surface area contributed by atoms with Gasteiger partial charge < -0.3 is 0 Å². The molecule has 2 rings (SSSR count). The van der Waals surface area contributed by atoms with Crippen molar-refractivity contribution in [3.8, 4) is 0 Å². The Balaban J connectivity index is 2.02. The van der Waals surface area contributed by atoms with Crippen LogP contribution in [0.1, 0.15) is 13.3 Å². The van der Waals surface area contributed by atoms with E-state index >= 15 is 0 Å². The molecule has 0 aliphatic carbocycles. The molecule has 1 fully saturated rings. The van der Waals surface area contributed by atoms with Gasteiger partial charge in [-0.3, -0.25) is 0 Å². The first-order chi connectivity index (χ1) is 9.45. The fraction of sp³-hybridized carbons (Fsp3) is 0.462. The summed E-state index contributed by atoms with van der Waals surface area (Å²) in [5.41, 5.74) is 0. The third kappa shape index (κ3) is 3.55. The van der Waals surface area contributed by atoms with Crippen LogP contribution in [0.25, 0.3) is 0 Å². The number of halogens is 3. The Morgan fingerprint density at radius 3 is 2.70 bits per heavy atom. The molecule has 1 aliphatic rings. The minimum absolute atomic E-state index is 0.368. The first-order valence-corrected chi connectivity index (χ1v) is 10.5. The van der Waals surface area contributed by atoms with E-state index in [2.05, 4.69) is 15.9 Å². The van der Waals surface area contributed by atoms with Crippen LogP contribution >= 0.6 is 15.9 Å². The quantitative estimate of drug-likeness (QED) is 0.433. The van der Waals surface area contributed by atoms with E-state index in [-0.39, 0.29) is 0 Å².